The third-order valence-corrected chi connectivity index (χ3v) is 4.08. The van der Waals surface area contributed by atoms with Crippen molar-refractivity contribution in [3.05, 3.63) is 59.9 Å². The minimum atomic E-state index is -0.419. The summed E-state index contributed by atoms with van der Waals surface area (Å²) in [5, 5.41) is 9.57. The topological polar surface area (TPSA) is 55.1 Å². The van der Waals surface area contributed by atoms with Gasteiger partial charge in [-0.05, 0) is 42.7 Å². The number of rotatable bonds is 4. The summed E-state index contributed by atoms with van der Waals surface area (Å²) in [6.07, 6.45) is 3.25. The van der Waals surface area contributed by atoms with Crippen LogP contribution >= 0.6 is 0 Å². The summed E-state index contributed by atoms with van der Waals surface area (Å²) >= 11 is 0. The highest BCUT2D eigenvalue weighted by Crippen LogP contribution is 2.34. The van der Waals surface area contributed by atoms with Crippen LogP contribution in [0.15, 0.2) is 48.7 Å². The van der Waals surface area contributed by atoms with Gasteiger partial charge in [-0.1, -0.05) is 18.2 Å². The zero-order valence-corrected chi connectivity index (χ0v) is 12.4. The predicted molar refractivity (Wildman–Crippen MR) is 82.4 cm³/mol. The van der Waals surface area contributed by atoms with Gasteiger partial charge in [0.25, 0.3) is 0 Å². The molecule has 0 unspecified atom stereocenters. The Morgan fingerprint density at radius 1 is 1.14 bits per heavy atom. The van der Waals surface area contributed by atoms with E-state index in [4.69, 9.17) is 9.47 Å². The predicted octanol–water partition coefficient (Wildman–Crippen LogP) is 3.23. The molecule has 3 rings (SSSR count). The van der Waals surface area contributed by atoms with E-state index in [-0.39, 0.29) is 0 Å². The van der Waals surface area contributed by atoms with Gasteiger partial charge >= 0.3 is 0 Å². The molecule has 0 atom stereocenters. The Morgan fingerprint density at radius 2 is 1.91 bits per heavy atom. The first-order chi connectivity index (χ1) is 10.8. The van der Waals surface area contributed by atoms with Crippen molar-refractivity contribution in [2.75, 3.05) is 13.2 Å². The van der Waals surface area contributed by atoms with E-state index in [2.05, 4.69) is 11.1 Å². The second-order valence-corrected chi connectivity index (χ2v) is 5.44. The fourth-order valence-electron chi connectivity index (χ4n) is 2.70. The molecule has 0 N–H and O–H groups in total. The molecule has 4 nitrogen and oxygen atoms in total. The highest BCUT2D eigenvalue weighted by molar-refractivity contribution is 5.37. The largest absolute Gasteiger partial charge is 0.487 e. The molecule has 0 spiro atoms. The summed E-state index contributed by atoms with van der Waals surface area (Å²) in [6, 6.07) is 16.1. The fourth-order valence-corrected chi connectivity index (χ4v) is 2.70. The number of aromatic nitrogens is 1. The maximum atomic E-state index is 9.57. The molecule has 0 radical (unpaired) electrons. The van der Waals surface area contributed by atoms with Gasteiger partial charge in [-0.25, -0.2) is 0 Å². The number of hydrogen-bond acceptors (Lipinski definition) is 4. The van der Waals surface area contributed by atoms with E-state index >= 15 is 0 Å². The van der Waals surface area contributed by atoms with Gasteiger partial charge in [0.1, 0.15) is 12.4 Å². The van der Waals surface area contributed by atoms with Gasteiger partial charge in [0.2, 0.25) is 0 Å². The van der Waals surface area contributed by atoms with Crippen LogP contribution in [0.3, 0.4) is 0 Å². The number of pyridine rings is 1. The minimum absolute atomic E-state index is 0.419. The van der Waals surface area contributed by atoms with Crippen molar-refractivity contribution in [1.29, 1.82) is 5.26 Å². The lowest BCUT2D eigenvalue weighted by molar-refractivity contribution is 0.0675. The molecule has 1 aliphatic heterocycles. The zero-order chi connectivity index (χ0) is 15.3. The normalized spacial score (nSPS) is 16.7. The Balaban J connectivity index is 1.68. The first-order valence-corrected chi connectivity index (χ1v) is 7.45. The van der Waals surface area contributed by atoms with Crippen LogP contribution in [0.5, 0.6) is 5.75 Å². The van der Waals surface area contributed by atoms with Crippen molar-refractivity contribution in [2.24, 2.45) is 0 Å². The fraction of sp³-hybridized carbons (Fsp3) is 0.333. The van der Waals surface area contributed by atoms with E-state index in [0.29, 0.717) is 19.8 Å². The van der Waals surface area contributed by atoms with E-state index in [1.807, 2.05) is 42.5 Å². The Morgan fingerprint density at radius 3 is 2.55 bits per heavy atom. The number of nitrogens with zero attached hydrogens (tertiary/aromatic N) is 2. The van der Waals surface area contributed by atoms with Crippen LogP contribution in [-0.2, 0) is 16.8 Å². The van der Waals surface area contributed by atoms with Gasteiger partial charge in [0, 0.05) is 19.4 Å². The van der Waals surface area contributed by atoms with Crippen LogP contribution in [-0.4, -0.2) is 18.2 Å². The maximum Gasteiger partial charge on any atom is 0.130 e. The van der Waals surface area contributed by atoms with E-state index in [9.17, 15) is 5.26 Å². The van der Waals surface area contributed by atoms with E-state index < -0.39 is 5.41 Å². The van der Waals surface area contributed by atoms with Gasteiger partial charge in [-0.3, -0.25) is 4.98 Å². The van der Waals surface area contributed by atoms with Crippen LogP contribution in [0.4, 0.5) is 0 Å². The monoisotopic (exact) mass is 294 g/mol. The van der Waals surface area contributed by atoms with Gasteiger partial charge < -0.3 is 9.47 Å². The molecule has 0 amide bonds. The molecule has 0 saturated carbocycles. The summed E-state index contributed by atoms with van der Waals surface area (Å²) in [6.45, 7) is 1.73. The standard InChI is InChI=1S/C18H18N2O2/c19-14-18(8-11-21-12-9-18)15-4-6-17(7-5-15)22-13-16-3-1-2-10-20-16/h1-7,10H,8-9,11-13H2. The van der Waals surface area contributed by atoms with Crippen LogP contribution in [0, 0.1) is 11.3 Å². The second kappa shape index (κ2) is 6.59. The minimum Gasteiger partial charge on any atom is -0.487 e. The maximum absolute atomic E-state index is 9.57. The average molecular weight is 294 g/mol. The molecule has 112 valence electrons. The van der Waals surface area contributed by atoms with Crippen molar-refractivity contribution in [1.82, 2.24) is 4.98 Å². The molecule has 2 heterocycles. The quantitative estimate of drug-likeness (QED) is 0.868. The Kier molecular flexibility index (Phi) is 4.36. The third-order valence-electron chi connectivity index (χ3n) is 4.08. The van der Waals surface area contributed by atoms with Gasteiger partial charge in [-0.2, -0.15) is 5.26 Å². The average Bonchev–Trinajstić information content (AvgIpc) is 2.62. The van der Waals surface area contributed by atoms with Crippen LogP contribution in [0.2, 0.25) is 0 Å². The molecule has 1 aromatic carbocycles. The summed E-state index contributed by atoms with van der Waals surface area (Å²) < 4.78 is 11.1. The van der Waals surface area contributed by atoms with Gasteiger partial charge in [0.05, 0.1) is 17.2 Å². The molecule has 22 heavy (non-hydrogen) atoms. The first kappa shape index (κ1) is 14.6. The lowest BCUT2D eigenvalue weighted by atomic mass is 9.75. The highest BCUT2D eigenvalue weighted by Gasteiger charge is 2.34. The molecular weight excluding hydrogens is 276 g/mol. The summed E-state index contributed by atoms with van der Waals surface area (Å²) in [5.74, 6) is 0.787. The zero-order valence-electron chi connectivity index (χ0n) is 12.4. The van der Waals surface area contributed by atoms with Crippen molar-refractivity contribution in [3.63, 3.8) is 0 Å². The summed E-state index contributed by atoms with van der Waals surface area (Å²) in [7, 11) is 0. The first-order valence-electron chi connectivity index (χ1n) is 7.45. The molecule has 1 fully saturated rings. The molecule has 0 bridgehead atoms. The van der Waals surface area contributed by atoms with Crippen LogP contribution in [0.25, 0.3) is 0 Å². The van der Waals surface area contributed by atoms with Crippen molar-refractivity contribution >= 4 is 0 Å². The SMILES string of the molecule is N#CC1(c2ccc(OCc3ccccn3)cc2)CCOCC1. The Hall–Kier alpha value is -2.38. The second-order valence-electron chi connectivity index (χ2n) is 5.44. The van der Waals surface area contributed by atoms with Gasteiger partial charge in [-0.15, -0.1) is 0 Å². The molecule has 4 heteroatoms. The Bertz CT molecular complexity index is 641. The highest BCUT2D eigenvalue weighted by atomic mass is 16.5. The van der Waals surface area contributed by atoms with Crippen molar-refractivity contribution in [2.45, 2.75) is 24.9 Å². The van der Waals surface area contributed by atoms with Crippen molar-refractivity contribution in [3.8, 4) is 11.8 Å². The molecular formula is C18H18N2O2. The smallest absolute Gasteiger partial charge is 0.130 e. The third kappa shape index (κ3) is 3.10. The number of nitriles is 1. The van der Waals surface area contributed by atoms with E-state index in [1.165, 1.54) is 0 Å². The summed E-state index contributed by atoms with van der Waals surface area (Å²) in [4.78, 5) is 4.23. The molecule has 1 aliphatic rings. The molecule has 2 aromatic rings. The lowest BCUT2D eigenvalue weighted by Crippen LogP contribution is -2.32. The Labute approximate surface area is 130 Å². The molecule has 1 saturated heterocycles. The van der Waals surface area contributed by atoms with Gasteiger partial charge in [0.15, 0.2) is 0 Å². The summed E-state index contributed by atoms with van der Waals surface area (Å²) in [5.41, 5.74) is 1.52. The number of benzene rings is 1. The molecule has 1 aromatic heterocycles. The van der Waals surface area contributed by atoms with E-state index in [1.54, 1.807) is 6.20 Å². The van der Waals surface area contributed by atoms with E-state index in [0.717, 1.165) is 29.8 Å². The number of hydrogen-bond donors (Lipinski definition) is 0. The van der Waals surface area contributed by atoms with Crippen LogP contribution in [0.1, 0.15) is 24.1 Å². The number of ether oxygens (including phenoxy) is 2. The molecule has 0 aliphatic carbocycles. The van der Waals surface area contributed by atoms with Crippen molar-refractivity contribution < 1.29 is 9.47 Å². The lowest BCUT2D eigenvalue weighted by Gasteiger charge is -2.31. The van der Waals surface area contributed by atoms with Crippen LogP contribution < -0.4 is 4.74 Å².